The van der Waals surface area contributed by atoms with Gasteiger partial charge in [-0.3, -0.25) is 19.4 Å². The van der Waals surface area contributed by atoms with E-state index in [0.29, 0.717) is 26.5 Å². The fraction of sp³-hybridized carbons (Fsp3) is 0.394. The second kappa shape index (κ2) is 13.2. The van der Waals surface area contributed by atoms with Crippen LogP contribution in [0.4, 0.5) is 18.0 Å². The number of guanidine groups is 1. The first kappa shape index (κ1) is 35.4. The first-order valence-corrected chi connectivity index (χ1v) is 15.7. The number of hydrogen-bond donors (Lipinski definition) is 3. The zero-order chi connectivity index (χ0) is 35.9. The predicted molar refractivity (Wildman–Crippen MR) is 177 cm³/mol. The molecule has 0 radical (unpaired) electrons. The summed E-state index contributed by atoms with van der Waals surface area (Å²) < 4.78 is 48.8. The Morgan fingerprint density at radius 2 is 1.86 bits per heavy atom. The summed E-state index contributed by atoms with van der Waals surface area (Å²) in [5.41, 5.74) is 4.72. The van der Waals surface area contributed by atoms with Gasteiger partial charge in [-0.25, -0.2) is 24.1 Å². The van der Waals surface area contributed by atoms with Crippen molar-refractivity contribution in [2.75, 3.05) is 6.61 Å². The van der Waals surface area contributed by atoms with Gasteiger partial charge in [0.1, 0.15) is 18.8 Å². The second-order valence-corrected chi connectivity index (χ2v) is 14.4. The quantitative estimate of drug-likeness (QED) is 0.178. The number of aromatic amines is 1. The molecule has 0 saturated carbocycles. The minimum absolute atomic E-state index is 0.0360. The lowest BCUT2D eigenvalue weighted by Gasteiger charge is -2.35. The Bertz CT molecular complexity index is 1880. The SMILES string of the molecule is CC(C)(C)C[C@]1(c2ccc(-c3cn(C(F)F)cn3)cc2F)N=C(N)N([C@H](COC(=O)NC(C)(C)C)c2ccc(Cl)c(-c3ncn[nH]3)c2)C1=O. The van der Waals surface area contributed by atoms with Gasteiger partial charge in [-0.05, 0) is 56.4 Å². The van der Waals surface area contributed by atoms with Gasteiger partial charge in [-0.2, -0.15) is 13.9 Å². The van der Waals surface area contributed by atoms with Crippen molar-refractivity contribution in [3.05, 3.63) is 77.2 Å². The van der Waals surface area contributed by atoms with Crippen molar-refractivity contribution in [1.82, 2.24) is 34.9 Å². The van der Waals surface area contributed by atoms with E-state index in [9.17, 15) is 18.4 Å². The van der Waals surface area contributed by atoms with Crippen LogP contribution in [-0.4, -0.2) is 59.7 Å². The molecule has 2 aromatic heterocycles. The maximum atomic E-state index is 16.2. The number of alkyl carbamates (subject to hydrolysis) is 1. The Kier molecular flexibility index (Phi) is 9.52. The minimum Gasteiger partial charge on any atom is -0.447 e. The summed E-state index contributed by atoms with van der Waals surface area (Å²) in [4.78, 5) is 41.6. The number of aliphatic imine (C=N–C) groups is 1. The number of nitrogens with one attached hydrogen (secondary N) is 2. The minimum atomic E-state index is -2.82. The molecule has 49 heavy (non-hydrogen) atoms. The van der Waals surface area contributed by atoms with E-state index < -0.39 is 46.9 Å². The average Bonchev–Trinajstić information content (AvgIpc) is 3.74. The summed E-state index contributed by atoms with van der Waals surface area (Å²) in [6.07, 6.45) is 2.66. The summed E-state index contributed by atoms with van der Waals surface area (Å²) >= 11 is 6.50. The number of H-pyrrole nitrogens is 1. The van der Waals surface area contributed by atoms with Crippen molar-refractivity contribution in [1.29, 1.82) is 0 Å². The van der Waals surface area contributed by atoms with Crippen LogP contribution in [0.2, 0.25) is 5.02 Å². The zero-order valence-corrected chi connectivity index (χ0v) is 28.5. The lowest BCUT2D eigenvalue weighted by molar-refractivity contribution is -0.135. The molecule has 0 bridgehead atoms. The number of imidazole rings is 1. The number of ether oxygens (including phenoxy) is 1. The average molecular weight is 700 g/mol. The van der Waals surface area contributed by atoms with Crippen molar-refractivity contribution >= 4 is 29.6 Å². The number of carbonyl (C=O) groups is 2. The highest BCUT2D eigenvalue weighted by Gasteiger charge is 2.54. The Morgan fingerprint density at radius 3 is 2.45 bits per heavy atom. The number of nitrogens with zero attached hydrogens (tertiary/aromatic N) is 6. The van der Waals surface area contributed by atoms with E-state index in [-0.39, 0.29) is 35.8 Å². The van der Waals surface area contributed by atoms with Gasteiger partial charge in [-0.15, -0.1) is 0 Å². The van der Waals surface area contributed by atoms with Gasteiger partial charge in [0.05, 0.1) is 23.1 Å². The molecule has 5 rings (SSSR count). The topological polar surface area (TPSA) is 156 Å². The van der Waals surface area contributed by atoms with E-state index in [1.807, 2.05) is 20.8 Å². The number of carbonyl (C=O) groups excluding carboxylic acids is 2. The highest BCUT2D eigenvalue weighted by Crippen LogP contribution is 2.46. The Morgan fingerprint density at radius 1 is 1.12 bits per heavy atom. The van der Waals surface area contributed by atoms with E-state index in [4.69, 9.17) is 22.1 Å². The molecule has 16 heteroatoms. The smallest absolute Gasteiger partial charge is 0.407 e. The van der Waals surface area contributed by atoms with Crippen LogP contribution in [-0.2, 0) is 15.1 Å². The molecular formula is C33H37ClF3N9O3. The standard InChI is InChI=1S/C33H37ClF3N9O3/c1-31(2,3)15-33(21-9-7-18(12-23(21)35)24-13-45(17-40-24)28(36)37)27(47)46(29(38)42-33)25(14-49-30(48)43-32(4,5)6)19-8-10-22(34)20(11-19)26-39-16-41-44-26/h7-13,16-17,25,28H,14-15H2,1-6H3,(H2,38,42)(H,43,48)(H,39,41,44)/t25-,33-/m1/s1. The molecule has 2 atom stereocenters. The highest BCUT2D eigenvalue weighted by atomic mass is 35.5. The molecule has 0 spiro atoms. The molecule has 0 saturated heterocycles. The third-order valence-electron chi connectivity index (χ3n) is 7.65. The van der Waals surface area contributed by atoms with Crippen molar-refractivity contribution in [2.45, 2.75) is 71.6 Å². The first-order chi connectivity index (χ1) is 22.9. The second-order valence-electron chi connectivity index (χ2n) is 14.0. The number of amides is 2. The van der Waals surface area contributed by atoms with E-state index in [2.05, 4.69) is 30.5 Å². The summed E-state index contributed by atoms with van der Waals surface area (Å²) in [6.45, 7) is 7.81. The van der Waals surface area contributed by atoms with Crippen molar-refractivity contribution in [2.24, 2.45) is 16.1 Å². The fourth-order valence-electron chi connectivity index (χ4n) is 5.74. The van der Waals surface area contributed by atoms with Crippen LogP contribution in [0, 0.1) is 11.2 Å². The maximum Gasteiger partial charge on any atom is 0.407 e. The molecule has 12 nitrogen and oxygen atoms in total. The van der Waals surface area contributed by atoms with Gasteiger partial charge in [0.2, 0.25) is 0 Å². The number of alkyl halides is 2. The Balaban J connectivity index is 1.59. The number of benzene rings is 2. The first-order valence-electron chi connectivity index (χ1n) is 15.3. The number of hydrogen-bond acceptors (Lipinski definition) is 8. The summed E-state index contributed by atoms with van der Waals surface area (Å²) in [7, 11) is 0. The van der Waals surface area contributed by atoms with Crippen molar-refractivity contribution in [3.8, 4) is 22.6 Å². The molecule has 0 unspecified atom stereocenters. The van der Waals surface area contributed by atoms with E-state index in [1.165, 1.54) is 23.4 Å². The van der Waals surface area contributed by atoms with Crippen LogP contribution in [0.5, 0.6) is 0 Å². The van der Waals surface area contributed by atoms with Gasteiger partial charge < -0.3 is 15.8 Å². The molecule has 1 aliphatic rings. The molecule has 4 N–H and O–H groups in total. The van der Waals surface area contributed by atoms with Gasteiger partial charge in [0.15, 0.2) is 17.3 Å². The lowest BCUT2D eigenvalue weighted by atomic mass is 9.75. The molecule has 2 aromatic carbocycles. The van der Waals surface area contributed by atoms with Gasteiger partial charge in [0, 0.05) is 28.4 Å². The lowest BCUT2D eigenvalue weighted by Crippen LogP contribution is -2.48. The largest absolute Gasteiger partial charge is 0.447 e. The molecule has 0 fully saturated rings. The van der Waals surface area contributed by atoms with Gasteiger partial charge >= 0.3 is 12.6 Å². The van der Waals surface area contributed by atoms with Crippen LogP contribution in [0.1, 0.15) is 71.7 Å². The molecule has 2 amide bonds. The number of halogens is 4. The monoisotopic (exact) mass is 699 g/mol. The third-order valence-corrected chi connectivity index (χ3v) is 7.98. The van der Waals surface area contributed by atoms with Crippen LogP contribution in [0.15, 0.2) is 60.2 Å². The summed E-state index contributed by atoms with van der Waals surface area (Å²) in [5, 5.41) is 9.70. The number of nitrogens with two attached hydrogens (primary N) is 1. The van der Waals surface area contributed by atoms with Crippen molar-refractivity contribution in [3.63, 3.8) is 0 Å². The van der Waals surface area contributed by atoms with Crippen LogP contribution in [0.25, 0.3) is 22.6 Å². The van der Waals surface area contributed by atoms with Crippen molar-refractivity contribution < 1.29 is 27.5 Å². The van der Waals surface area contributed by atoms with Crippen LogP contribution in [0.3, 0.4) is 0 Å². The third kappa shape index (κ3) is 7.56. The summed E-state index contributed by atoms with van der Waals surface area (Å²) in [6, 6.07) is 7.88. The van der Waals surface area contributed by atoms with Crippen LogP contribution >= 0.6 is 11.6 Å². The Hall–Kier alpha value is -4.92. The zero-order valence-electron chi connectivity index (χ0n) is 27.8. The Labute approximate surface area is 285 Å². The molecular weight excluding hydrogens is 663 g/mol. The predicted octanol–water partition coefficient (Wildman–Crippen LogP) is 6.58. The normalized spacial score (nSPS) is 17.4. The fourth-order valence-corrected chi connectivity index (χ4v) is 5.95. The van der Waals surface area contributed by atoms with E-state index in [1.54, 1.807) is 39.0 Å². The molecule has 0 aliphatic carbocycles. The highest BCUT2D eigenvalue weighted by molar-refractivity contribution is 6.33. The molecule has 4 aromatic rings. The molecule has 3 heterocycles. The van der Waals surface area contributed by atoms with Crippen LogP contribution < -0.4 is 11.1 Å². The van der Waals surface area contributed by atoms with E-state index in [0.717, 1.165) is 18.6 Å². The van der Waals surface area contributed by atoms with Gasteiger partial charge in [0.25, 0.3) is 5.91 Å². The van der Waals surface area contributed by atoms with Gasteiger partial charge in [-0.1, -0.05) is 50.6 Å². The molecule has 260 valence electrons. The van der Waals surface area contributed by atoms with E-state index >= 15 is 4.39 Å². The number of aromatic nitrogens is 5. The number of rotatable bonds is 9. The summed E-state index contributed by atoms with van der Waals surface area (Å²) in [5.74, 6) is -1.34. The maximum absolute atomic E-state index is 16.2. The molecule has 1 aliphatic heterocycles.